The summed E-state index contributed by atoms with van der Waals surface area (Å²) in [5.41, 5.74) is 0. The normalized spacial score (nSPS) is 12.0. The standard InChI is InChI=1S/C10H22O2/c1-5-7-9-10(11-3,12-4)8-6-2/h5-9H2,1-4H3. The molecule has 74 valence electrons. The summed E-state index contributed by atoms with van der Waals surface area (Å²) in [4.78, 5) is 0. The summed E-state index contributed by atoms with van der Waals surface area (Å²) in [5, 5.41) is 0. The minimum absolute atomic E-state index is 0.315. The fraction of sp³-hybridized carbons (Fsp3) is 1.00. The first-order valence-corrected chi connectivity index (χ1v) is 4.85. The van der Waals surface area contributed by atoms with E-state index in [1.807, 2.05) is 0 Å². The predicted molar refractivity (Wildman–Crippen MR) is 51.2 cm³/mol. The maximum atomic E-state index is 5.41. The van der Waals surface area contributed by atoms with Gasteiger partial charge in [0.05, 0.1) is 0 Å². The van der Waals surface area contributed by atoms with Gasteiger partial charge in [-0.2, -0.15) is 0 Å². The zero-order valence-corrected chi connectivity index (χ0v) is 8.85. The number of unbranched alkanes of at least 4 members (excludes halogenated alkanes) is 1. The molecule has 0 N–H and O–H groups in total. The van der Waals surface area contributed by atoms with Gasteiger partial charge in [0.15, 0.2) is 5.79 Å². The van der Waals surface area contributed by atoms with Crippen molar-refractivity contribution in [2.45, 2.75) is 51.7 Å². The van der Waals surface area contributed by atoms with E-state index in [4.69, 9.17) is 9.47 Å². The Balaban J connectivity index is 3.95. The van der Waals surface area contributed by atoms with Crippen molar-refractivity contribution in [2.24, 2.45) is 0 Å². The Morgan fingerprint density at radius 3 is 1.83 bits per heavy atom. The molecule has 0 heterocycles. The van der Waals surface area contributed by atoms with Crippen LogP contribution in [0, 0.1) is 0 Å². The van der Waals surface area contributed by atoms with Crippen LogP contribution in [0.2, 0.25) is 0 Å². The van der Waals surface area contributed by atoms with E-state index in [2.05, 4.69) is 13.8 Å². The maximum absolute atomic E-state index is 5.41. The van der Waals surface area contributed by atoms with Crippen LogP contribution in [0.1, 0.15) is 46.0 Å². The van der Waals surface area contributed by atoms with Gasteiger partial charge in [0.25, 0.3) is 0 Å². The second kappa shape index (κ2) is 6.44. The van der Waals surface area contributed by atoms with E-state index in [0.717, 1.165) is 19.3 Å². The van der Waals surface area contributed by atoms with Gasteiger partial charge in [-0.15, -0.1) is 0 Å². The molecule has 0 spiro atoms. The number of rotatable bonds is 7. The quantitative estimate of drug-likeness (QED) is 0.552. The fourth-order valence-electron chi connectivity index (χ4n) is 1.44. The van der Waals surface area contributed by atoms with Crippen LogP contribution in [0.4, 0.5) is 0 Å². The lowest BCUT2D eigenvalue weighted by Crippen LogP contribution is -2.33. The van der Waals surface area contributed by atoms with Crippen molar-refractivity contribution in [3.05, 3.63) is 0 Å². The molecule has 0 aromatic rings. The van der Waals surface area contributed by atoms with Crippen LogP contribution in [0.25, 0.3) is 0 Å². The van der Waals surface area contributed by atoms with Crippen LogP contribution in [0.15, 0.2) is 0 Å². The molecule has 0 bridgehead atoms. The second-order valence-electron chi connectivity index (χ2n) is 3.17. The van der Waals surface area contributed by atoms with Gasteiger partial charge in [0.2, 0.25) is 0 Å². The van der Waals surface area contributed by atoms with Crippen molar-refractivity contribution >= 4 is 0 Å². The summed E-state index contributed by atoms with van der Waals surface area (Å²) in [7, 11) is 3.46. The van der Waals surface area contributed by atoms with E-state index in [9.17, 15) is 0 Å². The minimum atomic E-state index is -0.315. The van der Waals surface area contributed by atoms with Crippen LogP contribution in [0.3, 0.4) is 0 Å². The van der Waals surface area contributed by atoms with Crippen molar-refractivity contribution in [3.8, 4) is 0 Å². The van der Waals surface area contributed by atoms with Gasteiger partial charge < -0.3 is 9.47 Å². The summed E-state index contributed by atoms with van der Waals surface area (Å²) in [6.07, 6.45) is 5.45. The van der Waals surface area contributed by atoms with Crippen molar-refractivity contribution in [1.29, 1.82) is 0 Å². The number of ether oxygens (including phenoxy) is 2. The fourth-order valence-corrected chi connectivity index (χ4v) is 1.44. The van der Waals surface area contributed by atoms with Crippen molar-refractivity contribution in [2.75, 3.05) is 14.2 Å². The van der Waals surface area contributed by atoms with E-state index < -0.39 is 0 Å². The molecule has 0 aromatic carbocycles. The molecule has 0 fully saturated rings. The Morgan fingerprint density at radius 1 is 0.917 bits per heavy atom. The third-order valence-corrected chi connectivity index (χ3v) is 2.29. The largest absolute Gasteiger partial charge is 0.353 e. The smallest absolute Gasteiger partial charge is 0.167 e. The van der Waals surface area contributed by atoms with E-state index in [1.54, 1.807) is 14.2 Å². The molecular formula is C10H22O2. The lowest BCUT2D eigenvalue weighted by Gasteiger charge is -2.30. The van der Waals surface area contributed by atoms with E-state index >= 15 is 0 Å². The molecule has 0 amide bonds. The summed E-state index contributed by atoms with van der Waals surface area (Å²) in [6.45, 7) is 4.33. The first-order chi connectivity index (χ1) is 5.74. The van der Waals surface area contributed by atoms with E-state index in [-0.39, 0.29) is 5.79 Å². The highest BCUT2D eigenvalue weighted by Gasteiger charge is 2.27. The van der Waals surface area contributed by atoms with Gasteiger partial charge in [-0.3, -0.25) is 0 Å². The Labute approximate surface area is 76.3 Å². The van der Waals surface area contributed by atoms with Crippen LogP contribution in [-0.2, 0) is 9.47 Å². The van der Waals surface area contributed by atoms with Gasteiger partial charge in [-0.25, -0.2) is 0 Å². The van der Waals surface area contributed by atoms with Crippen LogP contribution in [0.5, 0.6) is 0 Å². The Kier molecular flexibility index (Phi) is 6.39. The Bertz CT molecular complexity index is 98.0. The van der Waals surface area contributed by atoms with Crippen molar-refractivity contribution in [3.63, 3.8) is 0 Å². The Morgan fingerprint density at radius 2 is 1.50 bits per heavy atom. The molecule has 0 radical (unpaired) electrons. The maximum Gasteiger partial charge on any atom is 0.167 e. The monoisotopic (exact) mass is 174 g/mol. The molecule has 2 heteroatoms. The highest BCUT2D eigenvalue weighted by molar-refractivity contribution is 4.67. The molecule has 0 rings (SSSR count). The predicted octanol–water partition coefficient (Wildman–Crippen LogP) is 2.97. The first-order valence-electron chi connectivity index (χ1n) is 4.85. The molecule has 2 nitrogen and oxygen atoms in total. The average Bonchev–Trinajstić information content (AvgIpc) is 2.13. The first kappa shape index (κ1) is 11.9. The topological polar surface area (TPSA) is 18.5 Å². The van der Waals surface area contributed by atoms with Gasteiger partial charge >= 0.3 is 0 Å². The molecule has 0 unspecified atom stereocenters. The van der Waals surface area contributed by atoms with Crippen LogP contribution >= 0.6 is 0 Å². The van der Waals surface area contributed by atoms with Crippen molar-refractivity contribution in [1.82, 2.24) is 0 Å². The highest BCUT2D eigenvalue weighted by atomic mass is 16.7. The lowest BCUT2D eigenvalue weighted by molar-refractivity contribution is -0.215. The molecule has 0 aromatic heterocycles. The van der Waals surface area contributed by atoms with Gasteiger partial charge in [0.1, 0.15) is 0 Å². The minimum Gasteiger partial charge on any atom is -0.353 e. The zero-order chi connectivity index (χ0) is 9.45. The second-order valence-corrected chi connectivity index (χ2v) is 3.17. The number of hydrogen-bond donors (Lipinski definition) is 0. The van der Waals surface area contributed by atoms with E-state index in [1.165, 1.54) is 12.8 Å². The molecule has 0 aliphatic rings. The molecule has 12 heavy (non-hydrogen) atoms. The van der Waals surface area contributed by atoms with Crippen LogP contribution < -0.4 is 0 Å². The third kappa shape index (κ3) is 3.55. The SMILES string of the molecule is CCCCC(CCC)(OC)OC. The number of hydrogen-bond acceptors (Lipinski definition) is 2. The molecule has 0 aliphatic carbocycles. The van der Waals surface area contributed by atoms with Gasteiger partial charge in [-0.05, 0) is 6.42 Å². The molecule has 0 saturated carbocycles. The summed E-state index contributed by atoms with van der Waals surface area (Å²) in [5.74, 6) is -0.315. The number of methoxy groups -OCH3 is 2. The summed E-state index contributed by atoms with van der Waals surface area (Å²) in [6, 6.07) is 0. The third-order valence-electron chi connectivity index (χ3n) is 2.29. The van der Waals surface area contributed by atoms with Gasteiger partial charge in [0, 0.05) is 27.1 Å². The summed E-state index contributed by atoms with van der Waals surface area (Å²) < 4.78 is 10.8. The molecule has 0 aliphatic heterocycles. The summed E-state index contributed by atoms with van der Waals surface area (Å²) >= 11 is 0. The molecule has 0 saturated heterocycles. The highest BCUT2D eigenvalue weighted by Crippen LogP contribution is 2.24. The zero-order valence-electron chi connectivity index (χ0n) is 8.85. The Hall–Kier alpha value is -0.0800. The van der Waals surface area contributed by atoms with E-state index in [0.29, 0.717) is 0 Å². The molecular weight excluding hydrogens is 152 g/mol. The van der Waals surface area contributed by atoms with Crippen LogP contribution in [-0.4, -0.2) is 20.0 Å². The van der Waals surface area contributed by atoms with Gasteiger partial charge in [-0.1, -0.05) is 26.7 Å². The van der Waals surface area contributed by atoms with Crippen molar-refractivity contribution < 1.29 is 9.47 Å². The molecule has 0 atom stereocenters. The average molecular weight is 174 g/mol. The lowest BCUT2D eigenvalue weighted by atomic mass is 10.0.